The predicted molar refractivity (Wildman–Crippen MR) is 72.0 cm³/mol. The van der Waals surface area contributed by atoms with Crippen molar-refractivity contribution in [3.63, 3.8) is 0 Å². The number of likely N-dealkylation sites (tertiary alicyclic amines) is 1. The first-order valence-electron chi connectivity index (χ1n) is 6.61. The Bertz CT molecular complexity index is 545. The van der Waals surface area contributed by atoms with Crippen molar-refractivity contribution in [3.8, 4) is 6.07 Å². The van der Waals surface area contributed by atoms with Gasteiger partial charge in [-0.3, -0.25) is 9.59 Å². The maximum atomic E-state index is 12.3. The number of nitriles is 1. The summed E-state index contributed by atoms with van der Waals surface area (Å²) >= 11 is 0. The molecule has 0 aliphatic carbocycles. The van der Waals surface area contributed by atoms with Crippen molar-refractivity contribution >= 4 is 11.9 Å². The van der Waals surface area contributed by atoms with Crippen molar-refractivity contribution in [2.24, 2.45) is 5.92 Å². The van der Waals surface area contributed by atoms with Crippen LogP contribution < -0.4 is 0 Å². The van der Waals surface area contributed by atoms with Gasteiger partial charge in [0.2, 0.25) is 0 Å². The minimum Gasteiger partial charge on any atom is -0.481 e. The number of hydrogen-bond donors (Lipinski definition) is 1. The predicted octanol–water partition coefficient (Wildman–Crippen LogP) is 1.89. The molecule has 1 unspecified atom stereocenters. The van der Waals surface area contributed by atoms with E-state index in [-0.39, 0.29) is 18.2 Å². The highest BCUT2D eigenvalue weighted by atomic mass is 16.4. The van der Waals surface area contributed by atoms with Crippen LogP contribution in [0.1, 0.15) is 35.2 Å². The number of carbonyl (C=O) groups is 2. The van der Waals surface area contributed by atoms with Gasteiger partial charge < -0.3 is 10.0 Å². The normalized spacial score (nSPS) is 17.8. The monoisotopic (exact) mass is 272 g/mol. The smallest absolute Gasteiger partial charge is 0.303 e. The van der Waals surface area contributed by atoms with Gasteiger partial charge in [-0.2, -0.15) is 5.26 Å². The van der Waals surface area contributed by atoms with Gasteiger partial charge in [-0.1, -0.05) is 0 Å². The van der Waals surface area contributed by atoms with E-state index < -0.39 is 5.97 Å². The second-order valence-electron chi connectivity index (χ2n) is 5.03. The Kier molecular flexibility index (Phi) is 4.36. The van der Waals surface area contributed by atoms with Crippen LogP contribution in [0.5, 0.6) is 0 Å². The number of carboxylic acid groups (broad SMARTS) is 1. The summed E-state index contributed by atoms with van der Waals surface area (Å²) in [7, 11) is 0. The fourth-order valence-corrected chi connectivity index (χ4v) is 2.45. The van der Waals surface area contributed by atoms with Crippen LogP contribution in [0.2, 0.25) is 0 Å². The van der Waals surface area contributed by atoms with E-state index in [4.69, 9.17) is 10.4 Å². The molecule has 1 N–H and O–H groups in total. The molecular formula is C15H16N2O3. The zero-order chi connectivity index (χ0) is 14.5. The number of benzene rings is 1. The van der Waals surface area contributed by atoms with Crippen LogP contribution >= 0.6 is 0 Å². The van der Waals surface area contributed by atoms with Crippen molar-refractivity contribution in [3.05, 3.63) is 35.4 Å². The van der Waals surface area contributed by atoms with Crippen LogP contribution in [0.4, 0.5) is 0 Å². The molecule has 1 aliphatic heterocycles. The summed E-state index contributed by atoms with van der Waals surface area (Å²) in [6.07, 6.45) is 1.63. The Morgan fingerprint density at radius 2 is 2.05 bits per heavy atom. The summed E-state index contributed by atoms with van der Waals surface area (Å²) in [5.74, 6) is -0.567. The number of rotatable bonds is 4. The summed E-state index contributed by atoms with van der Waals surface area (Å²) in [6.45, 7) is 1.29. The third-order valence-corrected chi connectivity index (χ3v) is 3.60. The van der Waals surface area contributed by atoms with Gasteiger partial charge in [-0.05, 0) is 43.0 Å². The van der Waals surface area contributed by atoms with Crippen molar-refractivity contribution in [1.29, 1.82) is 5.26 Å². The van der Waals surface area contributed by atoms with Crippen LogP contribution in [0, 0.1) is 17.2 Å². The number of aliphatic carboxylic acids is 1. The van der Waals surface area contributed by atoms with Crippen molar-refractivity contribution in [2.75, 3.05) is 13.1 Å². The molecule has 1 aromatic carbocycles. The average molecular weight is 272 g/mol. The molecule has 2 rings (SSSR count). The zero-order valence-corrected chi connectivity index (χ0v) is 11.1. The molecule has 1 amide bonds. The molecule has 0 saturated carbocycles. The molecule has 0 bridgehead atoms. The number of carbonyl (C=O) groups excluding carboxylic acids is 1. The van der Waals surface area contributed by atoms with E-state index >= 15 is 0 Å². The summed E-state index contributed by atoms with van der Waals surface area (Å²) in [5, 5.41) is 17.4. The first-order chi connectivity index (χ1) is 9.60. The van der Waals surface area contributed by atoms with Crippen LogP contribution in [0.15, 0.2) is 24.3 Å². The molecule has 1 aliphatic rings. The molecule has 20 heavy (non-hydrogen) atoms. The lowest BCUT2D eigenvalue weighted by molar-refractivity contribution is -0.137. The van der Waals surface area contributed by atoms with E-state index in [2.05, 4.69) is 0 Å². The standard InChI is InChI=1S/C15H16N2O3/c16-9-11-1-4-13(5-2-11)15(20)17-8-7-12(10-17)3-6-14(18)19/h1-2,4-5,12H,3,6-8,10H2,(H,18,19). The highest BCUT2D eigenvalue weighted by Gasteiger charge is 2.27. The second-order valence-corrected chi connectivity index (χ2v) is 5.03. The minimum absolute atomic E-state index is 0.0488. The Hall–Kier alpha value is -2.35. The molecule has 1 heterocycles. The number of hydrogen-bond acceptors (Lipinski definition) is 3. The van der Waals surface area contributed by atoms with Crippen molar-refractivity contribution in [2.45, 2.75) is 19.3 Å². The van der Waals surface area contributed by atoms with E-state index in [1.54, 1.807) is 29.2 Å². The van der Waals surface area contributed by atoms with Gasteiger partial charge in [0.05, 0.1) is 11.6 Å². The highest BCUT2D eigenvalue weighted by molar-refractivity contribution is 5.94. The zero-order valence-electron chi connectivity index (χ0n) is 11.1. The summed E-state index contributed by atoms with van der Waals surface area (Å²) in [4.78, 5) is 24.6. The Morgan fingerprint density at radius 1 is 1.35 bits per heavy atom. The molecule has 5 heteroatoms. The van der Waals surface area contributed by atoms with Crippen LogP contribution in [0.25, 0.3) is 0 Å². The fraction of sp³-hybridized carbons (Fsp3) is 0.400. The molecular weight excluding hydrogens is 256 g/mol. The van der Waals surface area contributed by atoms with Crippen LogP contribution in [-0.2, 0) is 4.79 Å². The first-order valence-corrected chi connectivity index (χ1v) is 6.61. The van der Waals surface area contributed by atoms with E-state index in [0.717, 1.165) is 6.42 Å². The minimum atomic E-state index is -0.790. The molecule has 1 aromatic rings. The third-order valence-electron chi connectivity index (χ3n) is 3.60. The van der Waals surface area contributed by atoms with E-state index in [1.165, 1.54) is 0 Å². The first kappa shape index (κ1) is 14.1. The molecule has 5 nitrogen and oxygen atoms in total. The van der Waals surface area contributed by atoms with Gasteiger partial charge in [0.1, 0.15) is 0 Å². The van der Waals surface area contributed by atoms with E-state index in [0.29, 0.717) is 30.6 Å². The largest absolute Gasteiger partial charge is 0.481 e. The maximum Gasteiger partial charge on any atom is 0.303 e. The summed E-state index contributed by atoms with van der Waals surface area (Å²) < 4.78 is 0. The fourth-order valence-electron chi connectivity index (χ4n) is 2.45. The van der Waals surface area contributed by atoms with E-state index in [9.17, 15) is 9.59 Å². The van der Waals surface area contributed by atoms with Gasteiger partial charge >= 0.3 is 5.97 Å². The van der Waals surface area contributed by atoms with Gasteiger partial charge in [0.15, 0.2) is 0 Å². The second kappa shape index (κ2) is 6.20. The lowest BCUT2D eigenvalue weighted by Crippen LogP contribution is -2.28. The number of nitrogens with zero attached hydrogens (tertiary/aromatic N) is 2. The topological polar surface area (TPSA) is 81.4 Å². The Morgan fingerprint density at radius 3 is 2.65 bits per heavy atom. The van der Waals surface area contributed by atoms with Crippen LogP contribution in [-0.4, -0.2) is 35.0 Å². The quantitative estimate of drug-likeness (QED) is 0.907. The Balaban J connectivity index is 1.93. The van der Waals surface area contributed by atoms with E-state index in [1.807, 2.05) is 6.07 Å². The van der Waals surface area contributed by atoms with Crippen molar-refractivity contribution in [1.82, 2.24) is 4.90 Å². The molecule has 1 atom stereocenters. The van der Waals surface area contributed by atoms with Gasteiger partial charge in [-0.25, -0.2) is 0 Å². The summed E-state index contributed by atoms with van der Waals surface area (Å²) in [5.41, 5.74) is 1.10. The average Bonchev–Trinajstić information content (AvgIpc) is 2.93. The lowest BCUT2D eigenvalue weighted by Gasteiger charge is -2.16. The lowest BCUT2D eigenvalue weighted by atomic mass is 10.0. The maximum absolute atomic E-state index is 12.3. The molecule has 0 spiro atoms. The summed E-state index contributed by atoms with van der Waals surface area (Å²) in [6, 6.07) is 8.59. The van der Waals surface area contributed by atoms with Gasteiger partial charge in [0.25, 0.3) is 5.91 Å². The van der Waals surface area contributed by atoms with Crippen molar-refractivity contribution < 1.29 is 14.7 Å². The molecule has 104 valence electrons. The third kappa shape index (κ3) is 3.35. The highest BCUT2D eigenvalue weighted by Crippen LogP contribution is 2.22. The molecule has 0 radical (unpaired) electrons. The number of carboxylic acids is 1. The molecule has 1 saturated heterocycles. The molecule has 0 aromatic heterocycles. The Labute approximate surface area is 117 Å². The van der Waals surface area contributed by atoms with Crippen LogP contribution in [0.3, 0.4) is 0 Å². The molecule has 1 fully saturated rings. The SMILES string of the molecule is N#Cc1ccc(C(=O)N2CCC(CCC(=O)O)C2)cc1. The van der Waals surface area contributed by atoms with Gasteiger partial charge in [-0.15, -0.1) is 0 Å². The van der Waals surface area contributed by atoms with Gasteiger partial charge in [0, 0.05) is 25.1 Å². The number of amides is 1.